The van der Waals surface area contributed by atoms with Gasteiger partial charge in [-0.3, -0.25) is 0 Å². The van der Waals surface area contributed by atoms with Crippen LogP contribution in [0.2, 0.25) is 5.15 Å². The third-order valence-corrected chi connectivity index (χ3v) is 2.95. The lowest BCUT2D eigenvalue weighted by molar-refractivity contribution is 0.895. The number of aromatic amines is 1. The third-order valence-electron chi connectivity index (χ3n) is 2.19. The molecule has 1 aromatic heterocycles. The molecule has 2 aromatic rings. The fraction of sp³-hybridized carbons (Fsp3) is 0.182. The van der Waals surface area contributed by atoms with Gasteiger partial charge in [0.1, 0.15) is 16.7 Å². The number of benzene rings is 1. The fourth-order valence-corrected chi connectivity index (χ4v) is 2.14. The van der Waals surface area contributed by atoms with Gasteiger partial charge in [0.05, 0.1) is 0 Å². The van der Waals surface area contributed by atoms with E-state index in [0.717, 1.165) is 21.6 Å². The Bertz CT molecular complexity index is 496. The van der Waals surface area contributed by atoms with Crippen LogP contribution in [0, 0.1) is 0 Å². The van der Waals surface area contributed by atoms with Crippen molar-refractivity contribution in [3.05, 3.63) is 39.7 Å². The van der Waals surface area contributed by atoms with Gasteiger partial charge < -0.3 is 10.7 Å². The number of halogens is 2. The number of aromatic nitrogens is 2. The van der Waals surface area contributed by atoms with Crippen molar-refractivity contribution in [3.8, 4) is 11.3 Å². The molecule has 0 bridgehead atoms. The molecule has 0 saturated carbocycles. The standard InChI is InChI=1S/C11H11BrClN3/c12-8-3-1-2-7(6-8)10-11(13)16-9(15-10)4-5-14/h1-3,6H,4-5,14H2,(H,15,16). The molecule has 0 saturated heterocycles. The van der Waals surface area contributed by atoms with Crippen LogP contribution in [0.5, 0.6) is 0 Å². The molecule has 1 heterocycles. The lowest BCUT2D eigenvalue weighted by Gasteiger charge is -1.97. The minimum absolute atomic E-state index is 0.557. The summed E-state index contributed by atoms with van der Waals surface area (Å²) >= 11 is 9.51. The highest BCUT2D eigenvalue weighted by Crippen LogP contribution is 2.27. The molecule has 0 aliphatic heterocycles. The van der Waals surface area contributed by atoms with Crippen LogP contribution in [0.15, 0.2) is 28.7 Å². The van der Waals surface area contributed by atoms with E-state index in [0.29, 0.717) is 18.1 Å². The van der Waals surface area contributed by atoms with E-state index in [4.69, 9.17) is 17.3 Å². The Labute approximate surface area is 107 Å². The van der Waals surface area contributed by atoms with E-state index in [-0.39, 0.29) is 0 Å². The van der Waals surface area contributed by atoms with Crippen LogP contribution in [0.3, 0.4) is 0 Å². The van der Waals surface area contributed by atoms with Gasteiger partial charge in [0.2, 0.25) is 0 Å². The van der Waals surface area contributed by atoms with Crippen molar-refractivity contribution in [2.75, 3.05) is 6.54 Å². The molecular formula is C11H11BrClN3. The average molecular weight is 301 g/mol. The Morgan fingerprint density at radius 1 is 1.44 bits per heavy atom. The van der Waals surface area contributed by atoms with Crippen molar-refractivity contribution in [1.29, 1.82) is 0 Å². The Kier molecular flexibility index (Phi) is 3.63. The summed E-state index contributed by atoms with van der Waals surface area (Å²) in [7, 11) is 0. The maximum atomic E-state index is 6.09. The average Bonchev–Trinajstić information content (AvgIpc) is 2.60. The van der Waals surface area contributed by atoms with Crippen LogP contribution in [0.4, 0.5) is 0 Å². The fourth-order valence-electron chi connectivity index (χ4n) is 1.48. The van der Waals surface area contributed by atoms with Gasteiger partial charge in [0.25, 0.3) is 0 Å². The molecule has 0 unspecified atom stereocenters. The zero-order valence-corrected chi connectivity index (χ0v) is 10.8. The summed E-state index contributed by atoms with van der Waals surface area (Å²) in [5.74, 6) is 0.822. The summed E-state index contributed by atoms with van der Waals surface area (Å²) in [6.07, 6.45) is 0.702. The number of hydrogen-bond donors (Lipinski definition) is 2. The SMILES string of the molecule is NCCc1nc(-c2cccc(Br)c2)c(Cl)[nH]1. The molecule has 84 valence electrons. The van der Waals surface area contributed by atoms with Crippen molar-refractivity contribution in [1.82, 2.24) is 9.97 Å². The van der Waals surface area contributed by atoms with Crippen molar-refractivity contribution in [2.24, 2.45) is 5.73 Å². The van der Waals surface area contributed by atoms with Crippen LogP contribution < -0.4 is 5.73 Å². The van der Waals surface area contributed by atoms with Gasteiger partial charge in [-0.25, -0.2) is 4.98 Å². The van der Waals surface area contributed by atoms with Gasteiger partial charge in [-0.05, 0) is 18.7 Å². The molecule has 0 radical (unpaired) electrons. The van der Waals surface area contributed by atoms with E-state index in [1.165, 1.54) is 0 Å². The second-order valence-electron chi connectivity index (χ2n) is 3.40. The van der Waals surface area contributed by atoms with E-state index in [2.05, 4.69) is 25.9 Å². The molecule has 3 nitrogen and oxygen atoms in total. The minimum atomic E-state index is 0.557. The number of nitrogens with zero attached hydrogens (tertiary/aromatic N) is 1. The summed E-state index contributed by atoms with van der Waals surface area (Å²) < 4.78 is 1.00. The van der Waals surface area contributed by atoms with Gasteiger partial charge in [-0.2, -0.15) is 0 Å². The van der Waals surface area contributed by atoms with Crippen molar-refractivity contribution in [2.45, 2.75) is 6.42 Å². The highest BCUT2D eigenvalue weighted by atomic mass is 79.9. The van der Waals surface area contributed by atoms with Crippen LogP contribution in [0.1, 0.15) is 5.82 Å². The van der Waals surface area contributed by atoms with Crippen LogP contribution >= 0.6 is 27.5 Å². The molecule has 0 fully saturated rings. The first-order valence-corrected chi connectivity index (χ1v) is 6.08. The van der Waals surface area contributed by atoms with E-state index < -0.39 is 0 Å². The number of nitrogens with two attached hydrogens (primary N) is 1. The molecule has 0 spiro atoms. The maximum absolute atomic E-state index is 6.09. The highest BCUT2D eigenvalue weighted by Gasteiger charge is 2.10. The summed E-state index contributed by atoms with van der Waals surface area (Å²) in [6.45, 7) is 0.557. The predicted octanol–water partition coefficient (Wildman–Crippen LogP) is 2.99. The second kappa shape index (κ2) is 4.99. The van der Waals surface area contributed by atoms with Gasteiger partial charge in [0.15, 0.2) is 0 Å². The molecule has 0 aliphatic carbocycles. The van der Waals surface area contributed by atoms with E-state index >= 15 is 0 Å². The molecule has 3 N–H and O–H groups in total. The molecule has 2 rings (SSSR count). The first kappa shape index (κ1) is 11.6. The third kappa shape index (κ3) is 2.45. The Balaban J connectivity index is 2.40. The number of rotatable bonds is 3. The van der Waals surface area contributed by atoms with Gasteiger partial charge in [-0.15, -0.1) is 0 Å². The van der Waals surface area contributed by atoms with Gasteiger partial charge in [0, 0.05) is 16.5 Å². The van der Waals surface area contributed by atoms with Gasteiger partial charge in [-0.1, -0.05) is 39.7 Å². The molecule has 16 heavy (non-hydrogen) atoms. The zero-order valence-electron chi connectivity index (χ0n) is 8.50. The monoisotopic (exact) mass is 299 g/mol. The topological polar surface area (TPSA) is 54.7 Å². The Hall–Kier alpha value is -0.840. The molecular weight excluding hydrogens is 289 g/mol. The summed E-state index contributed by atoms with van der Waals surface area (Å²) in [5, 5.41) is 0.557. The van der Waals surface area contributed by atoms with Crippen molar-refractivity contribution >= 4 is 27.5 Å². The largest absolute Gasteiger partial charge is 0.332 e. The highest BCUT2D eigenvalue weighted by molar-refractivity contribution is 9.10. The maximum Gasteiger partial charge on any atom is 0.134 e. The number of imidazole rings is 1. The van der Waals surface area contributed by atoms with E-state index in [1.54, 1.807) is 0 Å². The predicted molar refractivity (Wildman–Crippen MR) is 69.5 cm³/mol. The van der Waals surface area contributed by atoms with Crippen molar-refractivity contribution in [3.63, 3.8) is 0 Å². The molecule has 0 amide bonds. The summed E-state index contributed by atoms with van der Waals surface area (Å²) in [5.41, 5.74) is 7.23. The van der Waals surface area contributed by atoms with Crippen LogP contribution in [0.25, 0.3) is 11.3 Å². The van der Waals surface area contributed by atoms with E-state index in [1.807, 2.05) is 24.3 Å². The summed E-state index contributed by atoms with van der Waals surface area (Å²) in [4.78, 5) is 7.45. The first-order valence-electron chi connectivity index (χ1n) is 4.91. The minimum Gasteiger partial charge on any atom is -0.332 e. The lowest BCUT2D eigenvalue weighted by atomic mass is 10.2. The Morgan fingerprint density at radius 3 is 2.94 bits per heavy atom. The Morgan fingerprint density at radius 2 is 2.25 bits per heavy atom. The van der Waals surface area contributed by atoms with E-state index in [9.17, 15) is 0 Å². The molecule has 1 aromatic carbocycles. The number of hydrogen-bond acceptors (Lipinski definition) is 2. The van der Waals surface area contributed by atoms with Crippen LogP contribution in [-0.4, -0.2) is 16.5 Å². The second-order valence-corrected chi connectivity index (χ2v) is 4.69. The molecule has 0 atom stereocenters. The first-order chi connectivity index (χ1) is 7.70. The molecule has 5 heteroatoms. The quantitative estimate of drug-likeness (QED) is 0.915. The zero-order chi connectivity index (χ0) is 11.5. The molecule has 0 aliphatic rings. The summed E-state index contributed by atoms with van der Waals surface area (Å²) in [6, 6.07) is 7.87. The smallest absolute Gasteiger partial charge is 0.134 e. The van der Waals surface area contributed by atoms with Crippen LogP contribution in [-0.2, 0) is 6.42 Å². The normalized spacial score (nSPS) is 10.7. The van der Waals surface area contributed by atoms with Crippen molar-refractivity contribution < 1.29 is 0 Å². The number of nitrogens with one attached hydrogen (secondary N) is 1. The van der Waals surface area contributed by atoms with Gasteiger partial charge >= 0.3 is 0 Å². The lowest BCUT2D eigenvalue weighted by Crippen LogP contribution is -2.03. The number of H-pyrrole nitrogens is 1.